The highest BCUT2D eigenvalue weighted by Crippen LogP contribution is 2.30. The van der Waals surface area contributed by atoms with Gasteiger partial charge in [0.1, 0.15) is 0 Å². The fourth-order valence-electron chi connectivity index (χ4n) is 3.13. The second-order valence-electron chi connectivity index (χ2n) is 6.34. The lowest BCUT2D eigenvalue weighted by molar-refractivity contribution is 0.0512. The van der Waals surface area contributed by atoms with Gasteiger partial charge in [0.25, 0.3) is 0 Å². The maximum atomic E-state index is 12.9. The molecule has 3 nitrogen and oxygen atoms in total. The van der Waals surface area contributed by atoms with E-state index in [1.807, 2.05) is 78.9 Å². The summed E-state index contributed by atoms with van der Waals surface area (Å²) in [7, 11) is 0. The minimum absolute atomic E-state index is 0.355. The summed E-state index contributed by atoms with van der Waals surface area (Å²) < 4.78 is 6.02. The number of carbonyl (C=O) groups is 1. The summed E-state index contributed by atoms with van der Waals surface area (Å²) in [5, 5.41) is 0. The van der Waals surface area contributed by atoms with Crippen molar-refractivity contribution in [3.63, 3.8) is 0 Å². The lowest BCUT2D eigenvalue weighted by Crippen LogP contribution is -2.27. The summed E-state index contributed by atoms with van der Waals surface area (Å²) in [5.41, 5.74) is 3.47. The van der Waals surface area contributed by atoms with Crippen LogP contribution >= 0.6 is 0 Å². The largest absolute Gasteiger partial charge is 0.405 e. The van der Waals surface area contributed by atoms with Gasteiger partial charge in [-0.2, -0.15) is 0 Å². The highest BCUT2D eigenvalue weighted by Gasteiger charge is 2.21. The van der Waals surface area contributed by atoms with E-state index in [0.717, 1.165) is 29.8 Å². The third-order valence-electron chi connectivity index (χ3n) is 4.59. The predicted molar refractivity (Wildman–Crippen MR) is 114 cm³/mol. The van der Waals surface area contributed by atoms with Crippen LogP contribution in [0.1, 0.15) is 35.3 Å². The monoisotopic (exact) mass is 371 g/mol. The third-order valence-corrected chi connectivity index (χ3v) is 4.59. The minimum atomic E-state index is -0.355. The van der Waals surface area contributed by atoms with Crippen molar-refractivity contribution in [2.45, 2.75) is 13.8 Å². The SMILES string of the molecule is CCN(CC)C(OC(=O)c1ccccc1)=C(c1ccccc1)c1ccccc1. The Kier molecular flexibility index (Phi) is 6.64. The molecule has 0 saturated carbocycles. The van der Waals surface area contributed by atoms with Crippen LogP contribution in [0.5, 0.6) is 0 Å². The molecule has 0 spiro atoms. The molecule has 0 N–H and O–H groups in total. The van der Waals surface area contributed by atoms with E-state index in [1.165, 1.54) is 0 Å². The van der Waals surface area contributed by atoms with Crippen molar-refractivity contribution in [3.05, 3.63) is 114 Å². The summed E-state index contributed by atoms with van der Waals surface area (Å²) in [5.74, 6) is 0.225. The molecule has 0 amide bonds. The Labute approximate surface area is 166 Å². The van der Waals surface area contributed by atoms with E-state index in [1.54, 1.807) is 12.1 Å². The first-order chi connectivity index (χ1) is 13.7. The quantitative estimate of drug-likeness (QED) is 0.400. The zero-order valence-electron chi connectivity index (χ0n) is 16.3. The number of ether oxygens (including phenoxy) is 1. The normalized spacial score (nSPS) is 10.2. The molecule has 0 unspecified atom stereocenters. The average molecular weight is 371 g/mol. The number of nitrogens with zero attached hydrogens (tertiary/aromatic N) is 1. The van der Waals surface area contributed by atoms with Crippen LogP contribution in [0.15, 0.2) is 96.9 Å². The van der Waals surface area contributed by atoms with Gasteiger partial charge in [-0.25, -0.2) is 4.79 Å². The van der Waals surface area contributed by atoms with Crippen LogP contribution in [0, 0.1) is 0 Å². The van der Waals surface area contributed by atoms with Gasteiger partial charge in [-0.05, 0) is 37.1 Å². The van der Waals surface area contributed by atoms with Gasteiger partial charge in [-0.15, -0.1) is 0 Å². The van der Waals surface area contributed by atoms with Crippen molar-refractivity contribution in [2.75, 3.05) is 13.1 Å². The van der Waals surface area contributed by atoms with E-state index in [2.05, 4.69) is 18.7 Å². The summed E-state index contributed by atoms with van der Waals surface area (Å²) in [6.45, 7) is 5.59. The molecule has 142 valence electrons. The number of carbonyl (C=O) groups excluding carboxylic acids is 1. The molecule has 3 aromatic carbocycles. The minimum Gasteiger partial charge on any atom is -0.405 e. The molecule has 3 heteroatoms. The van der Waals surface area contributed by atoms with Gasteiger partial charge in [0.2, 0.25) is 5.88 Å². The smallest absolute Gasteiger partial charge is 0.344 e. The van der Waals surface area contributed by atoms with Crippen molar-refractivity contribution in [2.24, 2.45) is 0 Å². The fraction of sp³-hybridized carbons (Fsp3) is 0.160. The molecule has 0 radical (unpaired) electrons. The number of hydrogen-bond acceptors (Lipinski definition) is 3. The van der Waals surface area contributed by atoms with Crippen molar-refractivity contribution >= 4 is 11.5 Å². The molecule has 0 saturated heterocycles. The molecule has 3 aromatic rings. The van der Waals surface area contributed by atoms with E-state index in [9.17, 15) is 4.79 Å². The summed E-state index contributed by atoms with van der Waals surface area (Å²) >= 11 is 0. The molecule has 0 heterocycles. The van der Waals surface area contributed by atoms with Crippen LogP contribution in [0.4, 0.5) is 0 Å². The van der Waals surface area contributed by atoms with Crippen molar-refractivity contribution in [1.82, 2.24) is 4.90 Å². The molecular weight excluding hydrogens is 346 g/mol. The van der Waals surface area contributed by atoms with E-state index in [-0.39, 0.29) is 5.97 Å². The Morgan fingerprint density at radius 1 is 0.679 bits per heavy atom. The second kappa shape index (κ2) is 9.56. The Bertz CT molecular complexity index is 873. The van der Waals surface area contributed by atoms with Crippen LogP contribution in [-0.4, -0.2) is 24.0 Å². The Hall–Kier alpha value is -3.33. The number of esters is 1. The number of rotatable bonds is 7. The van der Waals surface area contributed by atoms with Crippen LogP contribution in [0.2, 0.25) is 0 Å². The summed E-state index contributed by atoms with van der Waals surface area (Å²) in [6, 6.07) is 29.2. The molecule has 0 aliphatic rings. The lowest BCUT2D eigenvalue weighted by atomic mass is 9.98. The fourth-order valence-corrected chi connectivity index (χ4v) is 3.13. The molecule has 3 rings (SSSR count). The van der Waals surface area contributed by atoms with Crippen LogP contribution in [-0.2, 0) is 4.74 Å². The summed E-state index contributed by atoms with van der Waals surface area (Å²) in [4.78, 5) is 15.0. The predicted octanol–water partition coefficient (Wildman–Crippen LogP) is 5.60. The topological polar surface area (TPSA) is 29.5 Å². The zero-order chi connectivity index (χ0) is 19.8. The van der Waals surface area contributed by atoms with E-state index < -0.39 is 0 Å². The third kappa shape index (κ3) is 4.49. The Morgan fingerprint density at radius 2 is 1.07 bits per heavy atom. The average Bonchev–Trinajstić information content (AvgIpc) is 2.77. The standard InChI is InChI=1S/C25H25NO2/c1-3-26(4-2)24(28-25(27)22-18-12-7-13-19-22)23(20-14-8-5-9-15-20)21-16-10-6-11-17-21/h5-19H,3-4H2,1-2H3. The first kappa shape index (κ1) is 19.4. The molecule has 0 aliphatic carbocycles. The number of benzene rings is 3. The van der Waals surface area contributed by atoms with Crippen molar-refractivity contribution in [1.29, 1.82) is 0 Å². The zero-order valence-corrected chi connectivity index (χ0v) is 16.3. The molecule has 0 aromatic heterocycles. The Morgan fingerprint density at radius 3 is 1.46 bits per heavy atom. The maximum Gasteiger partial charge on any atom is 0.344 e. The highest BCUT2D eigenvalue weighted by atomic mass is 16.6. The lowest BCUT2D eigenvalue weighted by Gasteiger charge is -2.27. The van der Waals surface area contributed by atoms with Gasteiger partial charge in [0.15, 0.2) is 0 Å². The maximum absolute atomic E-state index is 12.9. The van der Waals surface area contributed by atoms with Crippen LogP contribution < -0.4 is 0 Å². The van der Waals surface area contributed by atoms with Gasteiger partial charge < -0.3 is 9.64 Å². The van der Waals surface area contributed by atoms with Gasteiger partial charge >= 0.3 is 5.97 Å². The molecule has 0 aliphatic heterocycles. The first-order valence-electron chi connectivity index (χ1n) is 9.61. The summed E-state index contributed by atoms with van der Waals surface area (Å²) in [6.07, 6.45) is 0. The van der Waals surface area contributed by atoms with Crippen molar-refractivity contribution < 1.29 is 9.53 Å². The van der Waals surface area contributed by atoms with Gasteiger partial charge in [0.05, 0.1) is 5.56 Å². The van der Waals surface area contributed by atoms with Crippen LogP contribution in [0.3, 0.4) is 0 Å². The van der Waals surface area contributed by atoms with Gasteiger partial charge in [0, 0.05) is 18.7 Å². The highest BCUT2D eigenvalue weighted by molar-refractivity contribution is 5.91. The Balaban J connectivity index is 2.17. The van der Waals surface area contributed by atoms with Gasteiger partial charge in [-0.3, -0.25) is 0 Å². The molecule has 0 bridgehead atoms. The molecule has 28 heavy (non-hydrogen) atoms. The van der Waals surface area contributed by atoms with E-state index in [0.29, 0.717) is 11.4 Å². The molecule has 0 fully saturated rings. The van der Waals surface area contributed by atoms with E-state index in [4.69, 9.17) is 4.74 Å². The van der Waals surface area contributed by atoms with Crippen molar-refractivity contribution in [3.8, 4) is 0 Å². The van der Waals surface area contributed by atoms with Gasteiger partial charge in [-0.1, -0.05) is 78.9 Å². The second-order valence-corrected chi connectivity index (χ2v) is 6.34. The van der Waals surface area contributed by atoms with E-state index >= 15 is 0 Å². The number of hydrogen-bond donors (Lipinski definition) is 0. The van der Waals surface area contributed by atoms with Crippen LogP contribution in [0.25, 0.3) is 5.57 Å². The molecule has 0 atom stereocenters. The molecular formula is C25H25NO2. The first-order valence-corrected chi connectivity index (χ1v) is 9.61.